The van der Waals surface area contributed by atoms with Crippen molar-refractivity contribution in [2.24, 2.45) is 5.73 Å². The molecule has 0 atom stereocenters. The highest BCUT2D eigenvalue weighted by atomic mass is 32.1. The van der Waals surface area contributed by atoms with Gasteiger partial charge in [-0.3, -0.25) is 0 Å². The fourth-order valence-corrected chi connectivity index (χ4v) is 2.95. The van der Waals surface area contributed by atoms with Gasteiger partial charge in [-0.2, -0.15) is 0 Å². The fourth-order valence-electron chi connectivity index (χ4n) is 2.12. The average molecular weight is 279 g/mol. The maximum absolute atomic E-state index is 14.1. The first-order chi connectivity index (χ1) is 9.13. The molecule has 0 fully saturated rings. The van der Waals surface area contributed by atoms with Crippen LogP contribution in [0.1, 0.15) is 16.1 Å². The Bertz CT molecular complexity index is 553. The maximum atomic E-state index is 14.1. The first kappa shape index (κ1) is 14.0. The summed E-state index contributed by atoms with van der Waals surface area (Å²) in [7, 11) is 1.90. The standard InChI is InChI=1S/C14H18FN3S/c1-10-13(19-9-17-10)8-18(2)14-11(6-7-16)4-3-5-12(14)15/h3-5,9H,6-8,16H2,1-2H3. The van der Waals surface area contributed by atoms with Crippen LogP contribution in [0.15, 0.2) is 23.7 Å². The molecule has 0 amide bonds. The first-order valence-corrected chi connectivity index (χ1v) is 7.09. The minimum atomic E-state index is -0.199. The molecular formula is C14H18FN3S. The predicted octanol–water partition coefficient (Wildman–Crippen LogP) is 2.73. The summed E-state index contributed by atoms with van der Waals surface area (Å²) < 4.78 is 14.1. The minimum Gasteiger partial charge on any atom is -0.367 e. The monoisotopic (exact) mass is 279 g/mol. The molecule has 2 rings (SSSR count). The molecule has 2 N–H and O–H groups in total. The van der Waals surface area contributed by atoms with Crippen LogP contribution in [-0.4, -0.2) is 18.6 Å². The smallest absolute Gasteiger partial charge is 0.146 e. The van der Waals surface area contributed by atoms with E-state index in [0.717, 1.165) is 16.1 Å². The Morgan fingerprint density at radius 2 is 2.21 bits per heavy atom. The van der Waals surface area contributed by atoms with E-state index in [2.05, 4.69) is 4.98 Å². The van der Waals surface area contributed by atoms with E-state index in [-0.39, 0.29) is 5.82 Å². The van der Waals surface area contributed by atoms with Crippen molar-refractivity contribution in [3.63, 3.8) is 0 Å². The Morgan fingerprint density at radius 3 is 2.84 bits per heavy atom. The zero-order valence-electron chi connectivity index (χ0n) is 11.2. The van der Waals surface area contributed by atoms with Gasteiger partial charge in [0, 0.05) is 11.9 Å². The quantitative estimate of drug-likeness (QED) is 0.915. The van der Waals surface area contributed by atoms with E-state index in [1.807, 2.05) is 30.4 Å². The number of thiazole rings is 1. The molecule has 0 radical (unpaired) electrons. The molecular weight excluding hydrogens is 261 g/mol. The molecule has 1 aromatic heterocycles. The van der Waals surface area contributed by atoms with E-state index in [9.17, 15) is 4.39 Å². The van der Waals surface area contributed by atoms with Crippen LogP contribution >= 0.6 is 11.3 Å². The largest absolute Gasteiger partial charge is 0.367 e. The van der Waals surface area contributed by atoms with Gasteiger partial charge in [0.05, 0.1) is 23.4 Å². The Hall–Kier alpha value is -1.46. The lowest BCUT2D eigenvalue weighted by atomic mass is 10.1. The lowest BCUT2D eigenvalue weighted by molar-refractivity contribution is 0.619. The molecule has 5 heteroatoms. The summed E-state index contributed by atoms with van der Waals surface area (Å²) in [6, 6.07) is 5.16. The summed E-state index contributed by atoms with van der Waals surface area (Å²) in [5, 5.41) is 0. The number of hydrogen-bond acceptors (Lipinski definition) is 4. The third-order valence-electron chi connectivity index (χ3n) is 3.09. The van der Waals surface area contributed by atoms with Gasteiger partial charge in [-0.25, -0.2) is 9.37 Å². The molecule has 1 aromatic carbocycles. The number of benzene rings is 1. The number of anilines is 1. The molecule has 0 saturated heterocycles. The van der Waals surface area contributed by atoms with Crippen molar-refractivity contribution in [1.29, 1.82) is 0 Å². The lowest BCUT2D eigenvalue weighted by Gasteiger charge is -2.22. The lowest BCUT2D eigenvalue weighted by Crippen LogP contribution is -2.20. The summed E-state index contributed by atoms with van der Waals surface area (Å²) >= 11 is 1.60. The highest BCUT2D eigenvalue weighted by Crippen LogP contribution is 2.26. The number of rotatable bonds is 5. The molecule has 0 aliphatic carbocycles. The summed E-state index contributed by atoms with van der Waals surface area (Å²) in [6.07, 6.45) is 0.680. The van der Waals surface area contributed by atoms with Gasteiger partial charge >= 0.3 is 0 Å². The fraction of sp³-hybridized carbons (Fsp3) is 0.357. The molecule has 19 heavy (non-hydrogen) atoms. The van der Waals surface area contributed by atoms with Crippen LogP contribution in [-0.2, 0) is 13.0 Å². The molecule has 102 valence electrons. The number of nitrogens with two attached hydrogens (primary N) is 1. The van der Waals surface area contributed by atoms with Crippen LogP contribution in [0.2, 0.25) is 0 Å². The van der Waals surface area contributed by atoms with Crippen molar-refractivity contribution in [3.8, 4) is 0 Å². The Kier molecular flexibility index (Phi) is 4.50. The summed E-state index contributed by atoms with van der Waals surface area (Å²) in [6.45, 7) is 3.15. The van der Waals surface area contributed by atoms with Gasteiger partial charge < -0.3 is 10.6 Å². The molecule has 0 bridgehead atoms. The second-order valence-electron chi connectivity index (χ2n) is 4.50. The normalized spacial score (nSPS) is 10.7. The molecule has 0 aliphatic heterocycles. The number of nitrogens with zero attached hydrogens (tertiary/aromatic N) is 2. The summed E-state index contributed by atoms with van der Waals surface area (Å²) in [5.41, 5.74) is 10.0. The highest BCUT2D eigenvalue weighted by molar-refractivity contribution is 7.09. The Morgan fingerprint density at radius 1 is 1.42 bits per heavy atom. The molecule has 0 unspecified atom stereocenters. The molecule has 0 saturated carbocycles. The number of halogens is 1. The predicted molar refractivity (Wildman–Crippen MR) is 78.1 cm³/mol. The average Bonchev–Trinajstić information content (AvgIpc) is 2.75. The van der Waals surface area contributed by atoms with Crippen molar-refractivity contribution < 1.29 is 4.39 Å². The minimum absolute atomic E-state index is 0.199. The van der Waals surface area contributed by atoms with Gasteiger partial charge in [-0.1, -0.05) is 12.1 Å². The summed E-state index contributed by atoms with van der Waals surface area (Å²) in [5.74, 6) is -0.199. The van der Waals surface area contributed by atoms with E-state index in [1.165, 1.54) is 6.07 Å². The number of aryl methyl sites for hydroxylation is 1. The van der Waals surface area contributed by atoms with E-state index in [1.54, 1.807) is 17.4 Å². The van der Waals surface area contributed by atoms with Gasteiger partial charge in [0.2, 0.25) is 0 Å². The van der Waals surface area contributed by atoms with Gasteiger partial charge in [0.1, 0.15) is 5.82 Å². The van der Waals surface area contributed by atoms with Gasteiger partial charge in [-0.15, -0.1) is 11.3 Å². The number of hydrogen-bond donors (Lipinski definition) is 1. The third-order valence-corrected chi connectivity index (χ3v) is 4.01. The molecule has 0 aliphatic rings. The maximum Gasteiger partial charge on any atom is 0.146 e. The van der Waals surface area contributed by atoms with Crippen LogP contribution in [0.5, 0.6) is 0 Å². The molecule has 2 aromatic rings. The number of para-hydroxylation sites is 1. The molecule has 1 heterocycles. The Balaban J connectivity index is 2.27. The molecule has 3 nitrogen and oxygen atoms in total. The van der Waals surface area contributed by atoms with Crippen LogP contribution in [0, 0.1) is 12.7 Å². The van der Waals surface area contributed by atoms with Crippen LogP contribution < -0.4 is 10.6 Å². The van der Waals surface area contributed by atoms with E-state index >= 15 is 0 Å². The Labute approximate surface area is 116 Å². The van der Waals surface area contributed by atoms with Gasteiger partial charge in [0.15, 0.2) is 0 Å². The van der Waals surface area contributed by atoms with Crippen LogP contribution in [0.4, 0.5) is 10.1 Å². The van der Waals surface area contributed by atoms with Crippen molar-refractivity contribution in [1.82, 2.24) is 4.98 Å². The highest BCUT2D eigenvalue weighted by Gasteiger charge is 2.14. The van der Waals surface area contributed by atoms with E-state index in [0.29, 0.717) is 25.2 Å². The first-order valence-electron chi connectivity index (χ1n) is 6.21. The zero-order valence-corrected chi connectivity index (χ0v) is 12.0. The van der Waals surface area contributed by atoms with E-state index in [4.69, 9.17) is 5.73 Å². The second-order valence-corrected chi connectivity index (χ2v) is 5.44. The molecule has 0 spiro atoms. The summed E-state index contributed by atoms with van der Waals surface area (Å²) in [4.78, 5) is 7.31. The van der Waals surface area contributed by atoms with Crippen LogP contribution in [0.25, 0.3) is 0 Å². The van der Waals surface area contributed by atoms with Crippen molar-refractivity contribution in [3.05, 3.63) is 45.7 Å². The van der Waals surface area contributed by atoms with Crippen molar-refractivity contribution in [2.45, 2.75) is 19.9 Å². The zero-order chi connectivity index (χ0) is 13.8. The van der Waals surface area contributed by atoms with Gasteiger partial charge in [-0.05, 0) is 31.5 Å². The van der Waals surface area contributed by atoms with Crippen molar-refractivity contribution in [2.75, 3.05) is 18.5 Å². The van der Waals surface area contributed by atoms with Crippen molar-refractivity contribution >= 4 is 17.0 Å². The van der Waals surface area contributed by atoms with Crippen LogP contribution in [0.3, 0.4) is 0 Å². The SMILES string of the molecule is Cc1ncsc1CN(C)c1c(F)cccc1CCN. The number of aromatic nitrogens is 1. The third kappa shape index (κ3) is 3.11. The van der Waals surface area contributed by atoms with E-state index < -0.39 is 0 Å². The topological polar surface area (TPSA) is 42.2 Å². The second kappa shape index (κ2) is 6.12. The van der Waals surface area contributed by atoms with Gasteiger partial charge in [0.25, 0.3) is 0 Å².